The van der Waals surface area contributed by atoms with E-state index >= 15 is 0 Å². The molecule has 1 N–H and O–H groups in total. The van der Waals surface area contributed by atoms with E-state index in [1.54, 1.807) is 13.0 Å². The first-order valence-electron chi connectivity index (χ1n) is 5.93. The van der Waals surface area contributed by atoms with E-state index in [1.165, 1.54) is 12.1 Å². The number of ether oxygens (including phenoxy) is 1. The molecule has 19 heavy (non-hydrogen) atoms. The number of rotatable bonds is 3. The quantitative estimate of drug-likeness (QED) is 0.865. The summed E-state index contributed by atoms with van der Waals surface area (Å²) < 4.78 is 18.3. The van der Waals surface area contributed by atoms with E-state index in [0.717, 1.165) is 0 Å². The highest BCUT2D eigenvalue weighted by atomic mass is 35.5. The first-order chi connectivity index (χ1) is 9.01. The van der Waals surface area contributed by atoms with Crippen LogP contribution in [0.2, 0.25) is 5.02 Å². The van der Waals surface area contributed by atoms with Gasteiger partial charge < -0.3 is 10.1 Å². The van der Waals surface area contributed by atoms with Crippen molar-refractivity contribution < 1.29 is 18.7 Å². The summed E-state index contributed by atoms with van der Waals surface area (Å²) >= 11 is 5.79. The lowest BCUT2D eigenvalue weighted by atomic mass is 9.92. The monoisotopic (exact) mass is 285 g/mol. The molecule has 0 spiro atoms. The van der Waals surface area contributed by atoms with Gasteiger partial charge in [0.1, 0.15) is 11.9 Å². The smallest absolute Gasteiger partial charge is 0.329 e. The highest BCUT2D eigenvalue weighted by Gasteiger charge is 2.39. The minimum absolute atomic E-state index is 0.114. The molecule has 1 fully saturated rings. The summed E-state index contributed by atoms with van der Waals surface area (Å²) in [6, 6.07) is 3.23. The van der Waals surface area contributed by atoms with Gasteiger partial charge in [-0.25, -0.2) is 9.18 Å². The number of carbonyl (C=O) groups is 2. The maximum absolute atomic E-state index is 13.3. The lowest BCUT2D eigenvalue weighted by molar-refractivity contribution is -0.146. The van der Waals surface area contributed by atoms with Crippen LogP contribution in [0.3, 0.4) is 0 Å². The molecule has 1 saturated heterocycles. The second kappa shape index (κ2) is 5.57. The summed E-state index contributed by atoms with van der Waals surface area (Å²) in [5.74, 6) is -1.73. The number of carbonyl (C=O) groups excluding carboxylic acids is 2. The highest BCUT2D eigenvalue weighted by molar-refractivity contribution is 6.30. The second-order valence-corrected chi connectivity index (χ2v) is 4.75. The summed E-state index contributed by atoms with van der Waals surface area (Å²) in [5.41, 5.74) is 0.515. The van der Waals surface area contributed by atoms with E-state index in [-0.39, 0.29) is 24.0 Å². The number of nitrogens with one attached hydrogen (secondary N) is 1. The average molecular weight is 286 g/mol. The summed E-state index contributed by atoms with van der Waals surface area (Å²) in [4.78, 5) is 23.3. The second-order valence-electron chi connectivity index (χ2n) is 4.31. The number of halogens is 2. The number of amides is 1. The molecule has 0 bridgehead atoms. The molecule has 1 aromatic carbocycles. The Morgan fingerprint density at radius 2 is 2.26 bits per heavy atom. The van der Waals surface area contributed by atoms with Gasteiger partial charge in [0, 0.05) is 17.4 Å². The number of hydrogen-bond donors (Lipinski definition) is 1. The van der Waals surface area contributed by atoms with Crippen molar-refractivity contribution in [2.24, 2.45) is 0 Å². The highest BCUT2D eigenvalue weighted by Crippen LogP contribution is 2.31. The van der Waals surface area contributed by atoms with Gasteiger partial charge in [-0.05, 0) is 30.7 Å². The molecular weight excluding hydrogens is 273 g/mol. The van der Waals surface area contributed by atoms with Crippen molar-refractivity contribution in [3.63, 3.8) is 0 Å². The standard InChI is InChI=1S/C13H13ClFNO3/c1-2-19-13(18)12-10(6-11(17)16-12)7-3-8(14)5-9(15)4-7/h3-5,10,12H,2,6H2,1H3,(H,16,17). The fraction of sp³-hybridized carbons (Fsp3) is 0.385. The van der Waals surface area contributed by atoms with Crippen molar-refractivity contribution in [1.82, 2.24) is 5.32 Å². The van der Waals surface area contributed by atoms with Gasteiger partial charge in [-0.2, -0.15) is 0 Å². The fourth-order valence-electron chi connectivity index (χ4n) is 2.21. The van der Waals surface area contributed by atoms with Crippen molar-refractivity contribution in [2.45, 2.75) is 25.3 Å². The number of esters is 1. The van der Waals surface area contributed by atoms with Crippen LogP contribution >= 0.6 is 11.6 Å². The van der Waals surface area contributed by atoms with Gasteiger partial charge in [0.2, 0.25) is 5.91 Å². The molecule has 4 nitrogen and oxygen atoms in total. The first kappa shape index (κ1) is 13.8. The van der Waals surface area contributed by atoms with E-state index in [2.05, 4.69) is 5.32 Å². The third-order valence-electron chi connectivity index (χ3n) is 2.98. The Morgan fingerprint density at radius 1 is 1.53 bits per heavy atom. The third kappa shape index (κ3) is 3.04. The summed E-state index contributed by atoms with van der Waals surface area (Å²) in [6.45, 7) is 1.91. The molecule has 1 aromatic rings. The minimum Gasteiger partial charge on any atom is -0.464 e. The summed E-state index contributed by atoms with van der Waals surface area (Å²) in [5, 5.41) is 2.78. The molecule has 1 amide bonds. The zero-order valence-corrected chi connectivity index (χ0v) is 11.0. The van der Waals surface area contributed by atoms with Crippen LogP contribution in [0, 0.1) is 5.82 Å². The van der Waals surface area contributed by atoms with Gasteiger partial charge >= 0.3 is 5.97 Å². The average Bonchev–Trinajstić information content (AvgIpc) is 2.70. The number of hydrogen-bond acceptors (Lipinski definition) is 3. The van der Waals surface area contributed by atoms with Crippen molar-refractivity contribution in [3.05, 3.63) is 34.6 Å². The molecule has 1 aliphatic heterocycles. The molecule has 6 heteroatoms. The Kier molecular flexibility index (Phi) is 4.04. The van der Waals surface area contributed by atoms with Crippen LogP contribution in [-0.4, -0.2) is 24.5 Å². The topological polar surface area (TPSA) is 55.4 Å². The van der Waals surface area contributed by atoms with E-state index in [4.69, 9.17) is 16.3 Å². The predicted molar refractivity (Wildman–Crippen MR) is 67.3 cm³/mol. The van der Waals surface area contributed by atoms with Crippen LogP contribution in [0.15, 0.2) is 18.2 Å². The van der Waals surface area contributed by atoms with Gasteiger partial charge in [0.15, 0.2) is 0 Å². The van der Waals surface area contributed by atoms with Crippen molar-refractivity contribution in [2.75, 3.05) is 6.61 Å². The zero-order valence-electron chi connectivity index (χ0n) is 10.3. The van der Waals surface area contributed by atoms with Crippen LogP contribution in [-0.2, 0) is 14.3 Å². The molecule has 1 aliphatic rings. The van der Waals surface area contributed by atoms with Gasteiger partial charge in [-0.15, -0.1) is 0 Å². The van der Waals surface area contributed by atoms with E-state index in [1.807, 2.05) is 0 Å². The van der Waals surface area contributed by atoms with Gasteiger partial charge in [-0.1, -0.05) is 11.6 Å². The molecule has 2 unspecified atom stereocenters. The Labute approximate surface area is 114 Å². The molecule has 102 valence electrons. The van der Waals surface area contributed by atoms with Crippen molar-refractivity contribution in [1.29, 1.82) is 0 Å². The molecule has 2 atom stereocenters. The van der Waals surface area contributed by atoms with Gasteiger partial charge in [-0.3, -0.25) is 4.79 Å². The molecule has 1 heterocycles. The Hall–Kier alpha value is -1.62. The maximum atomic E-state index is 13.3. The SMILES string of the molecule is CCOC(=O)C1NC(=O)CC1c1cc(F)cc(Cl)c1. The van der Waals surface area contributed by atoms with Crippen molar-refractivity contribution in [3.8, 4) is 0 Å². The fourth-order valence-corrected chi connectivity index (χ4v) is 2.44. The van der Waals surface area contributed by atoms with Crippen LogP contribution in [0.25, 0.3) is 0 Å². The van der Waals surface area contributed by atoms with Crippen molar-refractivity contribution >= 4 is 23.5 Å². The molecule has 2 rings (SSSR count). The van der Waals surface area contributed by atoms with Crippen LogP contribution < -0.4 is 5.32 Å². The normalized spacial score (nSPS) is 22.2. The Balaban J connectivity index is 2.30. The summed E-state index contributed by atoms with van der Waals surface area (Å²) in [7, 11) is 0. The molecular formula is C13H13ClFNO3. The lowest BCUT2D eigenvalue weighted by Gasteiger charge is -2.17. The Bertz CT molecular complexity index is 500. The van der Waals surface area contributed by atoms with Crippen LogP contribution in [0.1, 0.15) is 24.8 Å². The largest absolute Gasteiger partial charge is 0.464 e. The predicted octanol–water partition coefficient (Wildman–Crippen LogP) is 2.01. The van der Waals surface area contributed by atoms with Gasteiger partial charge in [0.05, 0.1) is 6.61 Å². The van der Waals surface area contributed by atoms with Crippen LogP contribution in [0.4, 0.5) is 4.39 Å². The van der Waals surface area contributed by atoms with Gasteiger partial charge in [0.25, 0.3) is 0 Å². The zero-order chi connectivity index (χ0) is 14.0. The molecule has 0 radical (unpaired) electrons. The maximum Gasteiger partial charge on any atom is 0.329 e. The van der Waals surface area contributed by atoms with E-state index in [0.29, 0.717) is 5.56 Å². The molecule has 0 aromatic heterocycles. The molecule has 0 saturated carbocycles. The first-order valence-corrected chi connectivity index (χ1v) is 6.31. The van der Waals surface area contributed by atoms with Crippen LogP contribution in [0.5, 0.6) is 0 Å². The Morgan fingerprint density at radius 3 is 2.89 bits per heavy atom. The van der Waals surface area contributed by atoms with E-state index < -0.39 is 23.7 Å². The lowest BCUT2D eigenvalue weighted by Crippen LogP contribution is -2.37. The molecule has 0 aliphatic carbocycles. The number of benzene rings is 1. The minimum atomic E-state index is -0.787. The third-order valence-corrected chi connectivity index (χ3v) is 3.20. The summed E-state index contributed by atoms with van der Waals surface area (Å²) in [6.07, 6.45) is 0.114. The van der Waals surface area contributed by atoms with E-state index in [9.17, 15) is 14.0 Å².